The van der Waals surface area contributed by atoms with Gasteiger partial charge in [0, 0.05) is 10.8 Å². The van der Waals surface area contributed by atoms with Crippen LogP contribution in [0.15, 0.2) is 198 Å². The van der Waals surface area contributed by atoms with Gasteiger partial charge in [-0.25, -0.2) is 0 Å². The summed E-state index contributed by atoms with van der Waals surface area (Å²) in [6.07, 6.45) is 0. The Kier molecular flexibility index (Phi) is 4.36. The molecule has 1 nitrogen and oxygen atoms in total. The summed E-state index contributed by atoms with van der Waals surface area (Å²) in [5, 5.41) is 5.12. The van der Waals surface area contributed by atoms with Crippen molar-refractivity contribution in [1.82, 2.24) is 0 Å². The first-order valence-corrected chi connectivity index (χ1v) is 17.2. The molecule has 11 rings (SSSR count). The summed E-state index contributed by atoms with van der Waals surface area (Å²) >= 11 is 0. The van der Waals surface area contributed by atoms with Crippen LogP contribution in [0.5, 0.6) is 0 Å². The van der Waals surface area contributed by atoms with E-state index in [2.05, 4.69) is 48.5 Å². The zero-order valence-electron chi connectivity index (χ0n) is 40.9. The molecule has 0 saturated carbocycles. The lowest BCUT2D eigenvalue weighted by atomic mass is 9.85. The maximum absolute atomic E-state index is 9.27. The monoisotopic (exact) mass is 685 g/mol. The topological polar surface area (TPSA) is 13.1 Å². The number of rotatable bonds is 4. The lowest BCUT2D eigenvalue weighted by molar-refractivity contribution is 0.669. The Morgan fingerprint density at radius 3 is 1.60 bits per heavy atom. The predicted molar refractivity (Wildman–Crippen MR) is 225 cm³/mol. The van der Waals surface area contributed by atoms with Gasteiger partial charge < -0.3 is 4.42 Å². The van der Waals surface area contributed by atoms with Crippen molar-refractivity contribution in [3.63, 3.8) is 0 Å². The van der Waals surface area contributed by atoms with E-state index in [1.54, 1.807) is 12.1 Å². The molecule has 0 aliphatic heterocycles. The molecule has 246 valence electrons. The molecule has 0 unspecified atom stereocenters. The fraction of sp³-hybridized carbons (Fsp3) is 0. The lowest BCUT2D eigenvalue weighted by Crippen LogP contribution is -1.90. The number of hydrogen-bond acceptors (Lipinski definition) is 1. The molecular formula is C52H32O. The normalized spacial score (nSPS) is 15.2. The second kappa shape index (κ2) is 11.8. The second-order valence-electron chi connectivity index (χ2n) is 13.1. The van der Waals surface area contributed by atoms with Crippen LogP contribution < -0.4 is 0 Å². The molecule has 1 heteroatoms. The molecule has 0 aliphatic carbocycles. The van der Waals surface area contributed by atoms with Gasteiger partial charge in [0.2, 0.25) is 0 Å². The zero-order valence-corrected chi connectivity index (χ0v) is 27.9. The third-order valence-electron chi connectivity index (χ3n) is 10.1. The van der Waals surface area contributed by atoms with Crippen LogP contribution in [0.4, 0.5) is 0 Å². The van der Waals surface area contributed by atoms with Crippen molar-refractivity contribution in [2.24, 2.45) is 0 Å². The van der Waals surface area contributed by atoms with E-state index in [-0.39, 0.29) is 32.7 Å². The van der Waals surface area contributed by atoms with Gasteiger partial charge in [0.05, 0.1) is 17.8 Å². The SMILES string of the molecule is [2H]c1c([2H])c([2H])c(-c2c3c([2H])c([2H])c([2H])c([2H])c3c(-c3ccc4cc(-c5ccc6c(c5)oc5cccc(-c7ccc8ccccc8c7)c56)ccc4c3)c3c([2H])c([2H])c([2H])c([2H])c23)c([2H])c1[2H]. The van der Waals surface area contributed by atoms with Crippen LogP contribution in [0.2, 0.25) is 0 Å². The Labute approximate surface area is 325 Å². The highest BCUT2D eigenvalue weighted by Gasteiger charge is 2.17. The van der Waals surface area contributed by atoms with Gasteiger partial charge in [0.1, 0.15) is 11.2 Å². The van der Waals surface area contributed by atoms with E-state index >= 15 is 0 Å². The van der Waals surface area contributed by atoms with Crippen molar-refractivity contribution in [1.29, 1.82) is 0 Å². The second-order valence-corrected chi connectivity index (χ2v) is 13.1. The zero-order chi connectivity index (χ0) is 46.2. The Morgan fingerprint density at radius 2 is 0.868 bits per heavy atom. The van der Waals surface area contributed by atoms with Crippen molar-refractivity contribution in [3.8, 4) is 44.5 Å². The molecule has 0 fully saturated rings. The molecule has 1 heterocycles. The minimum absolute atomic E-state index is 0.0829. The molecule has 0 spiro atoms. The predicted octanol–water partition coefficient (Wildman–Crippen LogP) is 14.9. The van der Waals surface area contributed by atoms with Crippen LogP contribution in [0.25, 0.3) is 110 Å². The molecule has 10 aromatic carbocycles. The lowest BCUT2D eigenvalue weighted by Gasteiger charge is -2.18. The minimum atomic E-state index is -0.712. The van der Waals surface area contributed by atoms with Gasteiger partial charge in [0.25, 0.3) is 0 Å². The van der Waals surface area contributed by atoms with Gasteiger partial charge in [-0.05, 0) is 124 Å². The Balaban J connectivity index is 1.11. The summed E-state index contributed by atoms with van der Waals surface area (Å²) in [4.78, 5) is 0. The molecule has 0 atom stereocenters. The standard InChI is InChI=1S/C52H32O/c1-2-12-34(13-3-1)50-43-15-6-8-17-45(43)51(46-18-9-7-16-44(46)50)41-26-24-36-29-37(22-23-38(36)31-41)39-27-28-47-49(32-39)53-48-20-10-19-42(52(47)48)40-25-21-33-11-4-5-14-35(33)30-40/h1-32H/i1D,2D,3D,6D,7D,8D,9D,12D,13D,15D,16D,17D,18D. The molecule has 1 aromatic heterocycles. The number of furan rings is 1. The number of fused-ring (bicyclic) bond motifs is 7. The molecule has 53 heavy (non-hydrogen) atoms. The van der Waals surface area contributed by atoms with Gasteiger partial charge in [-0.2, -0.15) is 0 Å². The minimum Gasteiger partial charge on any atom is -0.456 e. The third kappa shape index (κ3) is 4.79. The summed E-state index contributed by atoms with van der Waals surface area (Å²) < 4.78 is 121. The van der Waals surface area contributed by atoms with Gasteiger partial charge in [-0.1, -0.05) is 157 Å². The molecule has 0 radical (unpaired) electrons. The summed E-state index contributed by atoms with van der Waals surface area (Å²) in [6.45, 7) is 0. The molecule has 0 saturated heterocycles. The first-order valence-electron chi connectivity index (χ1n) is 23.7. The highest BCUT2D eigenvalue weighted by molar-refractivity contribution is 6.22. The number of hydrogen-bond donors (Lipinski definition) is 0. The first kappa shape index (κ1) is 19.6. The summed E-state index contributed by atoms with van der Waals surface area (Å²) in [7, 11) is 0. The smallest absolute Gasteiger partial charge is 0.136 e. The number of benzene rings is 10. The van der Waals surface area contributed by atoms with Gasteiger partial charge >= 0.3 is 0 Å². The van der Waals surface area contributed by atoms with Crippen molar-refractivity contribution in [2.75, 3.05) is 0 Å². The van der Waals surface area contributed by atoms with Crippen LogP contribution in [0, 0.1) is 0 Å². The largest absolute Gasteiger partial charge is 0.456 e. The average molecular weight is 686 g/mol. The summed E-state index contributed by atoms with van der Waals surface area (Å²) in [6, 6.07) is 29.9. The van der Waals surface area contributed by atoms with E-state index in [1.807, 2.05) is 54.6 Å². The van der Waals surface area contributed by atoms with E-state index in [1.165, 1.54) is 5.39 Å². The fourth-order valence-corrected chi connectivity index (χ4v) is 7.72. The van der Waals surface area contributed by atoms with Crippen molar-refractivity contribution < 1.29 is 22.2 Å². The van der Waals surface area contributed by atoms with Crippen LogP contribution in [0.1, 0.15) is 17.8 Å². The van der Waals surface area contributed by atoms with Crippen molar-refractivity contribution in [3.05, 3.63) is 194 Å². The van der Waals surface area contributed by atoms with Gasteiger partial charge in [-0.15, -0.1) is 0 Å². The summed E-state index contributed by atoms with van der Waals surface area (Å²) in [5.74, 6) is 0. The van der Waals surface area contributed by atoms with Crippen molar-refractivity contribution in [2.45, 2.75) is 0 Å². The average Bonchev–Trinajstić information content (AvgIpc) is 3.72. The van der Waals surface area contributed by atoms with Gasteiger partial charge in [0.15, 0.2) is 0 Å². The Bertz CT molecular complexity index is 3880. The quantitative estimate of drug-likeness (QED) is 0.168. The highest BCUT2D eigenvalue weighted by atomic mass is 16.3. The van der Waals surface area contributed by atoms with E-state index in [0.717, 1.165) is 60.4 Å². The van der Waals surface area contributed by atoms with Gasteiger partial charge in [-0.3, -0.25) is 0 Å². The van der Waals surface area contributed by atoms with Crippen molar-refractivity contribution >= 4 is 65.0 Å². The molecule has 0 aliphatic rings. The Hall–Kier alpha value is -6.96. The molecule has 0 N–H and O–H groups in total. The van der Waals surface area contributed by atoms with E-state index in [4.69, 9.17) is 16.8 Å². The van der Waals surface area contributed by atoms with E-state index < -0.39 is 84.1 Å². The molecule has 11 aromatic rings. The maximum atomic E-state index is 9.27. The van der Waals surface area contributed by atoms with Crippen LogP contribution in [-0.4, -0.2) is 0 Å². The first-order chi connectivity index (χ1) is 31.7. The fourth-order valence-electron chi connectivity index (χ4n) is 7.72. The highest BCUT2D eigenvalue weighted by Crippen LogP contribution is 2.44. The van der Waals surface area contributed by atoms with E-state index in [9.17, 15) is 5.48 Å². The van der Waals surface area contributed by atoms with Crippen LogP contribution in [0.3, 0.4) is 0 Å². The molecule has 0 bridgehead atoms. The van der Waals surface area contributed by atoms with Crippen LogP contribution >= 0.6 is 0 Å². The summed E-state index contributed by atoms with van der Waals surface area (Å²) in [5.41, 5.74) is 5.17. The molecule has 0 amide bonds. The van der Waals surface area contributed by atoms with E-state index in [0.29, 0.717) is 5.56 Å². The third-order valence-corrected chi connectivity index (χ3v) is 10.1. The Morgan fingerprint density at radius 1 is 0.340 bits per heavy atom. The van der Waals surface area contributed by atoms with Crippen LogP contribution in [-0.2, 0) is 0 Å². The maximum Gasteiger partial charge on any atom is 0.136 e. The molecular weight excluding hydrogens is 641 g/mol.